The van der Waals surface area contributed by atoms with E-state index in [1.165, 1.54) is 0 Å². The molecule has 0 saturated carbocycles. The van der Waals surface area contributed by atoms with Crippen LogP contribution in [0.25, 0.3) is 11.1 Å². The fourth-order valence-corrected chi connectivity index (χ4v) is 5.01. The number of aryl methyl sites for hydroxylation is 2. The van der Waals surface area contributed by atoms with Gasteiger partial charge in [-0.25, -0.2) is 0 Å². The van der Waals surface area contributed by atoms with Crippen molar-refractivity contribution >= 4 is 5.97 Å². The molecule has 38 heavy (non-hydrogen) atoms. The molecule has 1 aliphatic rings. The van der Waals surface area contributed by atoms with Crippen LogP contribution in [0.4, 0.5) is 0 Å². The fourth-order valence-electron chi connectivity index (χ4n) is 5.01. The molecule has 0 amide bonds. The zero-order chi connectivity index (χ0) is 26.6. The second-order valence-electron chi connectivity index (χ2n) is 9.65. The Labute approximate surface area is 222 Å². The summed E-state index contributed by atoms with van der Waals surface area (Å²) in [4.78, 5) is 11.2. The number of aliphatic carboxylic acids is 1. The number of benzene rings is 4. The normalized spacial score (nSPS) is 14.0. The average Bonchev–Trinajstić information content (AvgIpc) is 3.28. The van der Waals surface area contributed by atoms with Gasteiger partial charge in [0.25, 0.3) is 0 Å². The Bertz CT molecular complexity index is 1440. The Morgan fingerprint density at radius 2 is 1.68 bits per heavy atom. The first-order valence-electron chi connectivity index (χ1n) is 12.6. The molecule has 0 bridgehead atoms. The summed E-state index contributed by atoms with van der Waals surface area (Å²) in [6, 6.07) is 25.1. The van der Waals surface area contributed by atoms with E-state index in [1.807, 2.05) is 74.5 Å². The van der Waals surface area contributed by atoms with E-state index < -0.39 is 5.97 Å². The molecule has 5 rings (SSSR count). The number of rotatable bonds is 9. The predicted molar refractivity (Wildman–Crippen MR) is 145 cm³/mol. The molecule has 1 atom stereocenters. The lowest BCUT2D eigenvalue weighted by Gasteiger charge is -2.17. The van der Waals surface area contributed by atoms with Crippen LogP contribution in [0.1, 0.15) is 40.2 Å². The number of ether oxygens (including phenoxy) is 3. The molecule has 6 heteroatoms. The van der Waals surface area contributed by atoms with Gasteiger partial charge in [0.1, 0.15) is 36.2 Å². The SMILES string of the molecule is Cc1cc(O)cc(C)c1-c1ccc(OCc2ccccc2)c(COc2ccc3c(c2)OCC3CC(=O)O)c1. The van der Waals surface area contributed by atoms with Gasteiger partial charge in [-0.1, -0.05) is 42.5 Å². The Kier molecular flexibility index (Phi) is 7.22. The monoisotopic (exact) mass is 510 g/mol. The van der Waals surface area contributed by atoms with Gasteiger partial charge in [-0.05, 0) is 72.0 Å². The third-order valence-electron chi connectivity index (χ3n) is 6.78. The maximum Gasteiger partial charge on any atom is 0.304 e. The Hall–Kier alpha value is -4.45. The summed E-state index contributed by atoms with van der Waals surface area (Å²) in [5, 5.41) is 19.2. The van der Waals surface area contributed by atoms with E-state index in [9.17, 15) is 9.90 Å². The second-order valence-corrected chi connectivity index (χ2v) is 9.65. The Morgan fingerprint density at radius 1 is 0.921 bits per heavy atom. The predicted octanol–water partition coefficient (Wildman–Crippen LogP) is 6.78. The highest BCUT2D eigenvalue weighted by Gasteiger charge is 2.26. The number of carboxylic acid groups (broad SMARTS) is 1. The van der Waals surface area contributed by atoms with Gasteiger partial charge >= 0.3 is 5.97 Å². The molecule has 0 fully saturated rings. The molecule has 1 unspecified atom stereocenters. The quantitative estimate of drug-likeness (QED) is 0.258. The smallest absolute Gasteiger partial charge is 0.304 e. The van der Waals surface area contributed by atoms with Crippen molar-refractivity contribution in [2.75, 3.05) is 6.61 Å². The van der Waals surface area contributed by atoms with Crippen LogP contribution in [-0.2, 0) is 18.0 Å². The molecular weight excluding hydrogens is 480 g/mol. The molecule has 0 saturated heterocycles. The molecular formula is C32H30O6. The number of hydrogen-bond donors (Lipinski definition) is 2. The third-order valence-corrected chi connectivity index (χ3v) is 6.78. The molecule has 0 radical (unpaired) electrons. The van der Waals surface area contributed by atoms with Gasteiger partial charge in [-0.15, -0.1) is 0 Å². The number of hydrogen-bond acceptors (Lipinski definition) is 5. The van der Waals surface area contributed by atoms with Crippen LogP contribution in [-0.4, -0.2) is 22.8 Å². The lowest BCUT2D eigenvalue weighted by molar-refractivity contribution is -0.137. The molecule has 1 aliphatic heterocycles. The number of phenols is 1. The summed E-state index contributed by atoms with van der Waals surface area (Å²) >= 11 is 0. The molecule has 6 nitrogen and oxygen atoms in total. The largest absolute Gasteiger partial charge is 0.508 e. The van der Waals surface area contributed by atoms with Gasteiger partial charge in [-0.3, -0.25) is 4.79 Å². The zero-order valence-electron chi connectivity index (χ0n) is 21.4. The maximum absolute atomic E-state index is 11.2. The highest BCUT2D eigenvalue weighted by molar-refractivity contribution is 5.73. The number of carboxylic acids is 1. The molecule has 0 aliphatic carbocycles. The summed E-state index contributed by atoms with van der Waals surface area (Å²) in [5.74, 6) is 1.29. The Balaban J connectivity index is 1.41. The van der Waals surface area contributed by atoms with Crippen LogP contribution in [0.2, 0.25) is 0 Å². The number of phenolic OH excluding ortho intramolecular Hbond substituents is 1. The molecule has 0 spiro atoms. The number of fused-ring (bicyclic) bond motifs is 1. The number of carbonyl (C=O) groups is 1. The average molecular weight is 511 g/mol. The van der Waals surface area contributed by atoms with Gasteiger partial charge in [0.2, 0.25) is 0 Å². The minimum Gasteiger partial charge on any atom is -0.508 e. The molecule has 194 valence electrons. The van der Waals surface area contributed by atoms with E-state index in [1.54, 1.807) is 12.1 Å². The summed E-state index contributed by atoms with van der Waals surface area (Å²) < 4.78 is 18.1. The van der Waals surface area contributed by atoms with Crippen LogP contribution in [0.3, 0.4) is 0 Å². The summed E-state index contributed by atoms with van der Waals surface area (Å²) in [6.07, 6.45) is 0.0399. The van der Waals surface area contributed by atoms with Crippen molar-refractivity contribution in [3.8, 4) is 34.1 Å². The standard InChI is InChI=1S/C32H30O6/c1-20-12-26(33)13-21(2)32(20)23-8-11-29(37-17-22-6-4-3-5-7-22)25(14-23)19-36-27-9-10-28-24(15-31(34)35)18-38-30(28)16-27/h3-14,16,24,33H,15,17-19H2,1-2H3,(H,34,35). The van der Waals surface area contributed by atoms with Gasteiger partial charge in [0, 0.05) is 23.1 Å². The van der Waals surface area contributed by atoms with Gasteiger partial charge in [0.05, 0.1) is 13.0 Å². The van der Waals surface area contributed by atoms with Crippen LogP contribution < -0.4 is 14.2 Å². The van der Waals surface area contributed by atoms with E-state index in [4.69, 9.17) is 19.3 Å². The first-order chi connectivity index (χ1) is 18.4. The first kappa shape index (κ1) is 25.2. The first-order valence-corrected chi connectivity index (χ1v) is 12.6. The van der Waals surface area contributed by atoms with Crippen molar-refractivity contribution in [3.63, 3.8) is 0 Å². The molecule has 0 aromatic heterocycles. The van der Waals surface area contributed by atoms with E-state index in [0.29, 0.717) is 24.7 Å². The molecule has 1 heterocycles. The van der Waals surface area contributed by atoms with Crippen molar-refractivity contribution in [1.29, 1.82) is 0 Å². The highest BCUT2D eigenvalue weighted by atomic mass is 16.5. The molecule has 4 aromatic rings. The zero-order valence-corrected chi connectivity index (χ0v) is 21.4. The van der Waals surface area contributed by atoms with Crippen LogP contribution in [0.5, 0.6) is 23.0 Å². The maximum atomic E-state index is 11.2. The topological polar surface area (TPSA) is 85.2 Å². The fraction of sp³-hybridized carbons (Fsp3) is 0.219. The van der Waals surface area contributed by atoms with Crippen molar-refractivity contribution in [3.05, 3.63) is 107 Å². The van der Waals surface area contributed by atoms with Crippen LogP contribution in [0, 0.1) is 13.8 Å². The Morgan fingerprint density at radius 3 is 2.42 bits per heavy atom. The molecule has 4 aromatic carbocycles. The third kappa shape index (κ3) is 5.59. The van der Waals surface area contributed by atoms with E-state index >= 15 is 0 Å². The highest BCUT2D eigenvalue weighted by Crippen LogP contribution is 2.39. The van der Waals surface area contributed by atoms with Crippen LogP contribution >= 0.6 is 0 Å². The van der Waals surface area contributed by atoms with Gasteiger partial charge in [-0.2, -0.15) is 0 Å². The van der Waals surface area contributed by atoms with E-state index in [0.717, 1.165) is 44.7 Å². The van der Waals surface area contributed by atoms with Gasteiger partial charge < -0.3 is 24.4 Å². The van der Waals surface area contributed by atoms with Crippen molar-refractivity contribution < 1.29 is 29.2 Å². The van der Waals surface area contributed by atoms with Crippen molar-refractivity contribution in [2.24, 2.45) is 0 Å². The van der Waals surface area contributed by atoms with E-state index in [-0.39, 0.29) is 24.7 Å². The summed E-state index contributed by atoms with van der Waals surface area (Å²) in [6.45, 7) is 5.03. The molecule has 2 N–H and O–H groups in total. The lowest BCUT2D eigenvalue weighted by atomic mass is 9.94. The lowest BCUT2D eigenvalue weighted by Crippen LogP contribution is -2.07. The van der Waals surface area contributed by atoms with E-state index in [2.05, 4.69) is 6.07 Å². The van der Waals surface area contributed by atoms with Crippen molar-refractivity contribution in [2.45, 2.75) is 39.4 Å². The minimum atomic E-state index is -0.839. The second kappa shape index (κ2) is 10.9. The van der Waals surface area contributed by atoms with Crippen molar-refractivity contribution in [1.82, 2.24) is 0 Å². The van der Waals surface area contributed by atoms with Crippen LogP contribution in [0.15, 0.2) is 78.9 Å². The summed E-state index contributed by atoms with van der Waals surface area (Å²) in [5.41, 5.74) is 6.90. The minimum absolute atomic E-state index is 0.0399. The summed E-state index contributed by atoms with van der Waals surface area (Å²) in [7, 11) is 0. The number of aromatic hydroxyl groups is 1. The van der Waals surface area contributed by atoms with Gasteiger partial charge in [0.15, 0.2) is 0 Å².